The highest BCUT2D eigenvalue weighted by Gasteiger charge is 2.44. The van der Waals surface area contributed by atoms with Gasteiger partial charge in [-0.05, 0) is 45.7 Å². The highest BCUT2D eigenvalue weighted by molar-refractivity contribution is 5.83. The molecule has 1 saturated carbocycles. The molecule has 3 atom stereocenters. The molecular weight excluding hydrogens is 238 g/mol. The van der Waals surface area contributed by atoms with E-state index in [2.05, 4.69) is 18.7 Å². The van der Waals surface area contributed by atoms with Gasteiger partial charge in [0.1, 0.15) is 0 Å². The number of likely N-dealkylation sites (tertiary alicyclic amines) is 1. The van der Waals surface area contributed by atoms with E-state index in [1.54, 1.807) is 0 Å². The Morgan fingerprint density at radius 1 is 1.42 bits per heavy atom. The molecule has 2 N–H and O–H groups in total. The second-order valence-corrected chi connectivity index (χ2v) is 6.53. The Morgan fingerprint density at radius 2 is 2.16 bits per heavy atom. The van der Waals surface area contributed by atoms with Crippen LogP contribution in [0.25, 0.3) is 0 Å². The number of carbonyl (C=O) groups is 1. The van der Waals surface area contributed by atoms with Crippen LogP contribution in [0.4, 0.5) is 0 Å². The number of rotatable bonds is 4. The fourth-order valence-corrected chi connectivity index (χ4v) is 3.81. The van der Waals surface area contributed by atoms with Crippen molar-refractivity contribution >= 4 is 5.91 Å². The molecular formula is C15H29N3O. The van der Waals surface area contributed by atoms with E-state index in [1.807, 2.05) is 11.9 Å². The summed E-state index contributed by atoms with van der Waals surface area (Å²) in [6.45, 7) is 7.38. The Hall–Kier alpha value is -0.610. The first-order valence-electron chi connectivity index (χ1n) is 7.74. The minimum absolute atomic E-state index is 0.0355. The van der Waals surface area contributed by atoms with Crippen molar-refractivity contribution in [1.82, 2.24) is 9.80 Å². The highest BCUT2D eigenvalue weighted by atomic mass is 16.2. The molecule has 1 aliphatic heterocycles. The molecule has 0 bridgehead atoms. The maximum atomic E-state index is 12.7. The summed E-state index contributed by atoms with van der Waals surface area (Å²) < 4.78 is 0. The van der Waals surface area contributed by atoms with Gasteiger partial charge in [-0.25, -0.2) is 0 Å². The lowest BCUT2D eigenvalue weighted by atomic mass is 9.83. The predicted molar refractivity (Wildman–Crippen MR) is 77.8 cm³/mol. The third-order valence-corrected chi connectivity index (χ3v) is 5.25. The Kier molecular flexibility index (Phi) is 4.51. The molecule has 1 heterocycles. The van der Waals surface area contributed by atoms with E-state index >= 15 is 0 Å². The largest absolute Gasteiger partial charge is 0.344 e. The SMILES string of the molecule is CCN1CCCC1CN(C)C(=O)C1(C)CCCC1N. The van der Waals surface area contributed by atoms with E-state index < -0.39 is 0 Å². The van der Waals surface area contributed by atoms with Crippen molar-refractivity contribution in [3.8, 4) is 0 Å². The lowest BCUT2D eigenvalue weighted by Crippen LogP contribution is -2.50. The third-order valence-electron chi connectivity index (χ3n) is 5.25. The first-order valence-corrected chi connectivity index (χ1v) is 7.74. The molecule has 0 spiro atoms. The second kappa shape index (κ2) is 5.80. The molecule has 110 valence electrons. The Morgan fingerprint density at radius 3 is 2.74 bits per heavy atom. The van der Waals surface area contributed by atoms with Gasteiger partial charge in [0.25, 0.3) is 0 Å². The van der Waals surface area contributed by atoms with E-state index in [0.717, 1.165) is 32.4 Å². The van der Waals surface area contributed by atoms with Crippen LogP contribution in [-0.4, -0.2) is 54.5 Å². The summed E-state index contributed by atoms with van der Waals surface area (Å²) in [5, 5.41) is 0. The van der Waals surface area contributed by atoms with Gasteiger partial charge < -0.3 is 10.6 Å². The van der Waals surface area contributed by atoms with E-state index in [9.17, 15) is 4.79 Å². The van der Waals surface area contributed by atoms with Crippen LogP contribution in [0.5, 0.6) is 0 Å². The number of amides is 1. The summed E-state index contributed by atoms with van der Waals surface area (Å²) in [5.74, 6) is 0.250. The summed E-state index contributed by atoms with van der Waals surface area (Å²) in [5.41, 5.74) is 5.83. The number of hydrogen-bond acceptors (Lipinski definition) is 3. The summed E-state index contributed by atoms with van der Waals surface area (Å²) in [6, 6.07) is 0.577. The van der Waals surface area contributed by atoms with Crippen LogP contribution in [0.3, 0.4) is 0 Å². The Balaban J connectivity index is 1.96. The van der Waals surface area contributed by atoms with E-state index in [-0.39, 0.29) is 17.4 Å². The summed E-state index contributed by atoms with van der Waals surface area (Å²) in [6.07, 6.45) is 5.49. The van der Waals surface area contributed by atoms with E-state index in [4.69, 9.17) is 5.73 Å². The molecule has 4 heteroatoms. The molecule has 4 nitrogen and oxygen atoms in total. The fraction of sp³-hybridized carbons (Fsp3) is 0.933. The van der Waals surface area contributed by atoms with Crippen molar-refractivity contribution in [3.05, 3.63) is 0 Å². The second-order valence-electron chi connectivity index (χ2n) is 6.53. The molecule has 0 aromatic rings. The average molecular weight is 267 g/mol. The monoisotopic (exact) mass is 267 g/mol. The van der Waals surface area contributed by atoms with Gasteiger partial charge in [0.15, 0.2) is 0 Å². The summed E-state index contributed by atoms with van der Waals surface area (Å²) in [7, 11) is 1.95. The lowest BCUT2D eigenvalue weighted by molar-refractivity contribution is -0.140. The Bertz CT molecular complexity index is 333. The van der Waals surface area contributed by atoms with Crippen LogP contribution >= 0.6 is 0 Å². The topological polar surface area (TPSA) is 49.6 Å². The van der Waals surface area contributed by atoms with Gasteiger partial charge in [-0.1, -0.05) is 13.3 Å². The predicted octanol–water partition coefficient (Wildman–Crippen LogP) is 1.45. The zero-order chi connectivity index (χ0) is 14.0. The maximum absolute atomic E-state index is 12.7. The fourth-order valence-electron chi connectivity index (χ4n) is 3.81. The zero-order valence-electron chi connectivity index (χ0n) is 12.7. The zero-order valence-corrected chi connectivity index (χ0v) is 12.7. The van der Waals surface area contributed by atoms with Gasteiger partial charge in [0.05, 0.1) is 5.41 Å². The molecule has 0 aromatic heterocycles. The molecule has 1 saturated heterocycles. The molecule has 1 amide bonds. The first-order chi connectivity index (χ1) is 8.99. The van der Waals surface area contributed by atoms with E-state index in [1.165, 1.54) is 19.4 Å². The average Bonchev–Trinajstić information content (AvgIpc) is 2.97. The van der Waals surface area contributed by atoms with Crippen molar-refractivity contribution in [2.24, 2.45) is 11.1 Å². The lowest BCUT2D eigenvalue weighted by Gasteiger charge is -2.35. The number of nitrogens with zero attached hydrogens (tertiary/aromatic N) is 2. The van der Waals surface area contributed by atoms with Crippen molar-refractivity contribution in [2.75, 3.05) is 26.7 Å². The van der Waals surface area contributed by atoms with Gasteiger partial charge in [-0.2, -0.15) is 0 Å². The molecule has 0 radical (unpaired) electrons. The van der Waals surface area contributed by atoms with Crippen LogP contribution in [0.2, 0.25) is 0 Å². The van der Waals surface area contributed by atoms with Crippen LogP contribution in [0.1, 0.15) is 46.0 Å². The van der Waals surface area contributed by atoms with Crippen LogP contribution in [0, 0.1) is 5.41 Å². The van der Waals surface area contributed by atoms with Crippen molar-refractivity contribution in [1.29, 1.82) is 0 Å². The van der Waals surface area contributed by atoms with Crippen molar-refractivity contribution in [3.63, 3.8) is 0 Å². The summed E-state index contributed by atoms with van der Waals surface area (Å²) >= 11 is 0. The van der Waals surface area contributed by atoms with Crippen LogP contribution < -0.4 is 5.73 Å². The molecule has 2 aliphatic rings. The standard InChI is InChI=1S/C15H29N3O/c1-4-18-10-6-7-12(18)11-17(3)14(19)15(2)9-5-8-13(15)16/h12-13H,4-11,16H2,1-3H3. The van der Waals surface area contributed by atoms with Gasteiger partial charge in [-0.15, -0.1) is 0 Å². The quantitative estimate of drug-likeness (QED) is 0.838. The molecule has 2 fully saturated rings. The number of hydrogen-bond donors (Lipinski definition) is 1. The van der Waals surface area contributed by atoms with Gasteiger partial charge in [0, 0.05) is 25.7 Å². The highest BCUT2D eigenvalue weighted by Crippen LogP contribution is 2.38. The smallest absolute Gasteiger partial charge is 0.229 e. The van der Waals surface area contributed by atoms with Gasteiger partial charge >= 0.3 is 0 Å². The van der Waals surface area contributed by atoms with Crippen molar-refractivity contribution in [2.45, 2.75) is 58.0 Å². The van der Waals surface area contributed by atoms with Gasteiger partial charge in [0.2, 0.25) is 5.91 Å². The Labute approximate surface area is 117 Å². The van der Waals surface area contributed by atoms with Crippen LogP contribution in [0.15, 0.2) is 0 Å². The molecule has 2 rings (SSSR count). The molecule has 1 aliphatic carbocycles. The molecule has 0 aromatic carbocycles. The number of nitrogens with two attached hydrogens (primary N) is 1. The van der Waals surface area contributed by atoms with Crippen molar-refractivity contribution < 1.29 is 4.79 Å². The molecule has 3 unspecified atom stereocenters. The first kappa shape index (κ1) is 14.8. The maximum Gasteiger partial charge on any atom is 0.229 e. The normalized spacial score (nSPS) is 35.8. The molecule has 19 heavy (non-hydrogen) atoms. The number of carbonyl (C=O) groups excluding carboxylic acids is 1. The van der Waals surface area contributed by atoms with Crippen LogP contribution in [-0.2, 0) is 4.79 Å². The third kappa shape index (κ3) is 2.79. The van der Waals surface area contributed by atoms with E-state index in [0.29, 0.717) is 6.04 Å². The minimum atomic E-state index is -0.329. The summed E-state index contributed by atoms with van der Waals surface area (Å²) in [4.78, 5) is 17.1. The number of likely N-dealkylation sites (N-methyl/N-ethyl adjacent to an activating group) is 2. The van der Waals surface area contributed by atoms with Gasteiger partial charge in [-0.3, -0.25) is 9.69 Å². The minimum Gasteiger partial charge on any atom is -0.344 e.